The van der Waals surface area contributed by atoms with Crippen molar-refractivity contribution in [3.8, 4) is 0 Å². The standard InChI is InChI=1S/C10H18N2O/c1-10(2,3)8(11)9(13)12-6-4-5-7-12/h4-5,8H,6-7,11H2,1-3H3/t8-/m0/s1. The van der Waals surface area contributed by atoms with Gasteiger partial charge in [-0.05, 0) is 5.41 Å². The molecule has 1 atom stereocenters. The number of nitrogens with two attached hydrogens (primary N) is 1. The van der Waals surface area contributed by atoms with Crippen LogP contribution in [0.15, 0.2) is 12.2 Å². The number of amides is 1. The molecule has 1 amide bonds. The topological polar surface area (TPSA) is 46.3 Å². The van der Waals surface area contributed by atoms with Crippen LogP contribution in [0.25, 0.3) is 0 Å². The first-order chi connectivity index (χ1) is 5.93. The van der Waals surface area contributed by atoms with E-state index in [2.05, 4.69) is 0 Å². The van der Waals surface area contributed by atoms with Gasteiger partial charge in [0.15, 0.2) is 0 Å². The Kier molecular flexibility index (Phi) is 2.76. The number of rotatable bonds is 1. The van der Waals surface area contributed by atoms with Crippen molar-refractivity contribution in [2.75, 3.05) is 13.1 Å². The van der Waals surface area contributed by atoms with E-state index in [1.54, 1.807) is 4.90 Å². The second-order valence-corrected chi connectivity index (χ2v) is 4.56. The van der Waals surface area contributed by atoms with Gasteiger partial charge < -0.3 is 10.6 Å². The minimum atomic E-state index is -0.396. The van der Waals surface area contributed by atoms with Gasteiger partial charge in [-0.2, -0.15) is 0 Å². The Morgan fingerprint density at radius 2 is 1.85 bits per heavy atom. The summed E-state index contributed by atoms with van der Waals surface area (Å²) in [6.45, 7) is 7.38. The van der Waals surface area contributed by atoms with Gasteiger partial charge in [-0.15, -0.1) is 0 Å². The third-order valence-electron chi connectivity index (χ3n) is 2.33. The van der Waals surface area contributed by atoms with Crippen molar-refractivity contribution in [3.63, 3.8) is 0 Å². The molecule has 1 rings (SSSR count). The summed E-state index contributed by atoms with van der Waals surface area (Å²) in [5, 5.41) is 0. The van der Waals surface area contributed by atoms with Crippen molar-refractivity contribution in [2.24, 2.45) is 11.1 Å². The Labute approximate surface area is 79.6 Å². The summed E-state index contributed by atoms with van der Waals surface area (Å²) in [6, 6.07) is -0.396. The molecule has 0 aliphatic carbocycles. The molecular formula is C10H18N2O. The molecule has 0 aromatic carbocycles. The fourth-order valence-corrected chi connectivity index (χ4v) is 1.23. The Morgan fingerprint density at radius 3 is 2.23 bits per heavy atom. The van der Waals surface area contributed by atoms with E-state index < -0.39 is 6.04 Å². The number of carbonyl (C=O) groups excluding carboxylic acids is 1. The fourth-order valence-electron chi connectivity index (χ4n) is 1.23. The molecule has 0 saturated carbocycles. The predicted octanol–water partition coefficient (Wildman–Crippen LogP) is 0.758. The normalized spacial score (nSPS) is 19.2. The number of hydrogen-bond donors (Lipinski definition) is 1. The van der Waals surface area contributed by atoms with Crippen LogP contribution < -0.4 is 5.73 Å². The van der Waals surface area contributed by atoms with Crippen LogP contribution in [0.3, 0.4) is 0 Å². The molecule has 2 N–H and O–H groups in total. The maximum Gasteiger partial charge on any atom is 0.240 e. The summed E-state index contributed by atoms with van der Waals surface area (Å²) in [5.41, 5.74) is 5.70. The largest absolute Gasteiger partial charge is 0.334 e. The summed E-state index contributed by atoms with van der Waals surface area (Å²) < 4.78 is 0. The van der Waals surface area contributed by atoms with E-state index in [1.807, 2.05) is 32.9 Å². The highest BCUT2D eigenvalue weighted by molar-refractivity contribution is 5.83. The highest BCUT2D eigenvalue weighted by Crippen LogP contribution is 2.19. The fraction of sp³-hybridized carbons (Fsp3) is 0.700. The molecule has 74 valence electrons. The second kappa shape index (κ2) is 3.50. The Balaban J connectivity index is 2.57. The van der Waals surface area contributed by atoms with Crippen molar-refractivity contribution in [3.05, 3.63) is 12.2 Å². The van der Waals surface area contributed by atoms with Gasteiger partial charge in [0.05, 0.1) is 6.04 Å². The predicted molar refractivity (Wildman–Crippen MR) is 53.2 cm³/mol. The first kappa shape index (κ1) is 10.3. The quantitative estimate of drug-likeness (QED) is 0.608. The number of nitrogens with zero attached hydrogens (tertiary/aromatic N) is 1. The minimum absolute atomic E-state index is 0.0532. The summed E-state index contributed by atoms with van der Waals surface area (Å²) >= 11 is 0. The average Bonchev–Trinajstić information content (AvgIpc) is 2.51. The lowest BCUT2D eigenvalue weighted by atomic mass is 9.86. The molecule has 0 fully saturated rings. The van der Waals surface area contributed by atoms with E-state index in [0.717, 1.165) is 0 Å². The smallest absolute Gasteiger partial charge is 0.240 e. The van der Waals surface area contributed by atoms with Crippen LogP contribution in [-0.2, 0) is 4.79 Å². The molecule has 0 spiro atoms. The third kappa shape index (κ3) is 2.31. The van der Waals surface area contributed by atoms with Gasteiger partial charge in [0, 0.05) is 13.1 Å². The molecule has 3 heteroatoms. The van der Waals surface area contributed by atoms with E-state index in [0.29, 0.717) is 13.1 Å². The third-order valence-corrected chi connectivity index (χ3v) is 2.33. The lowest BCUT2D eigenvalue weighted by Crippen LogP contribution is -2.49. The molecule has 0 unspecified atom stereocenters. The minimum Gasteiger partial charge on any atom is -0.334 e. The first-order valence-electron chi connectivity index (χ1n) is 4.62. The van der Waals surface area contributed by atoms with E-state index in [-0.39, 0.29) is 11.3 Å². The molecule has 13 heavy (non-hydrogen) atoms. The first-order valence-corrected chi connectivity index (χ1v) is 4.62. The molecule has 1 aliphatic heterocycles. The Morgan fingerprint density at radius 1 is 1.38 bits per heavy atom. The van der Waals surface area contributed by atoms with Gasteiger partial charge in [-0.25, -0.2) is 0 Å². The van der Waals surface area contributed by atoms with Gasteiger partial charge in [0.2, 0.25) is 5.91 Å². The zero-order valence-corrected chi connectivity index (χ0v) is 8.58. The molecule has 0 aromatic heterocycles. The SMILES string of the molecule is CC(C)(C)[C@@H](N)C(=O)N1CC=CC1. The molecular weight excluding hydrogens is 164 g/mol. The van der Waals surface area contributed by atoms with Gasteiger partial charge in [-0.1, -0.05) is 32.9 Å². The molecule has 1 heterocycles. The zero-order chi connectivity index (χ0) is 10.1. The maximum atomic E-state index is 11.8. The van der Waals surface area contributed by atoms with Crippen molar-refractivity contribution in [1.82, 2.24) is 4.90 Å². The van der Waals surface area contributed by atoms with Gasteiger partial charge in [-0.3, -0.25) is 4.79 Å². The lowest BCUT2D eigenvalue weighted by Gasteiger charge is -2.29. The lowest BCUT2D eigenvalue weighted by molar-refractivity contribution is -0.133. The molecule has 0 saturated heterocycles. The number of carbonyl (C=O) groups is 1. The summed E-state index contributed by atoms with van der Waals surface area (Å²) in [7, 11) is 0. The average molecular weight is 182 g/mol. The van der Waals surface area contributed by atoms with Crippen LogP contribution in [-0.4, -0.2) is 29.9 Å². The van der Waals surface area contributed by atoms with Crippen LogP contribution in [0.4, 0.5) is 0 Å². The van der Waals surface area contributed by atoms with Gasteiger partial charge >= 0.3 is 0 Å². The Bertz CT molecular complexity index is 220. The highest BCUT2D eigenvalue weighted by Gasteiger charge is 2.30. The summed E-state index contributed by atoms with van der Waals surface area (Å²) in [6.07, 6.45) is 3.99. The van der Waals surface area contributed by atoms with Gasteiger partial charge in [0.1, 0.15) is 0 Å². The summed E-state index contributed by atoms with van der Waals surface area (Å²) in [5.74, 6) is 0.0532. The van der Waals surface area contributed by atoms with E-state index >= 15 is 0 Å². The van der Waals surface area contributed by atoms with Crippen LogP contribution in [0.1, 0.15) is 20.8 Å². The van der Waals surface area contributed by atoms with Crippen molar-refractivity contribution >= 4 is 5.91 Å². The van der Waals surface area contributed by atoms with E-state index in [4.69, 9.17) is 5.73 Å². The molecule has 3 nitrogen and oxygen atoms in total. The van der Waals surface area contributed by atoms with Crippen LogP contribution in [0.2, 0.25) is 0 Å². The molecule has 1 aliphatic rings. The molecule has 0 bridgehead atoms. The van der Waals surface area contributed by atoms with E-state index in [9.17, 15) is 4.79 Å². The monoisotopic (exact) mass is 182 g/mol. The van der Waals surface area contributed by atoms with Crippen LogP contribution in [0.5, 0.6) is 0 Å². The zero-order valence-electron chi connectivity index (χ0n) is 8.58. The molecule has 0 radical (unpaired) electrons. The van der Waals surface area contributed by atoms with Crippen LogP contribution >= 0.6 is 0 Å². The second-order valence-electron chi connectivity index (χ2n) is 4.56. The number of hydrogen-bond acceptors (Lipinski definition) is 2. The van der Waals surface area contributed by atoms with Crippen molar-refractivity contribution in [1.29, 1.82) is 0 Å². The Hall–Kier alpha value is -0.830. The van der Waals surface area contributed by atoms with Crippen LogP contribution in [0, 0.1) is 5.41 Å². The van der Waals surface area contributed by atoms with E-state index in [1.165, 1.54) is 0 Å². The maximum absolute atomic E-state index is 11.8. The molecule has 0 aromatic rings. The van der Waals surface area contributed by atoms with Crippen molar-refractivity contribution < 1.29 is 4.79 Å². The van der Waals surface area contributed by atoms with Crippen molar-refractivity contribution in [2.45, 2.75) is 26.8 Å². The highest BCUT2D eigenvalue weighted by atomic mass is 16.2. The summed E-state index contributed by atoms with van der Waals surface area (Å²) in [4.78, 5) is 13.5. The van der Waals surface area contributed by atoms with Gasteiger partial charge in [0.25, 0.3) is 0 Å².